The zero-order chi connectivity index (χ0) is 16.9. The Bertz CT molecular complexity index is 669. The van der Waals surface area contributed by atoms with E-state index >= 15 is 0 Å². The van der Waals surface area contributed by atoms with E-state index in [4.69, 9.17) is 9.47 Å². The SMILES string of the molecule is CC(C)C1c2nc[nH]c2CCN1C(=O)OCCOc1ccccc1. The fraction of sp³-hybridized carbons (Fsp3) is 0.444. The summed E-state index contributed by atoms with van der Waals surface area (Å²) in [4.78, 5) is 21.8. The van der Waals surface area contributed by atoms with Crippen molar-refractivity contribution in [3.63, 3.8) is 0 Å². The fourth-order valence-electron chi connectivity index (χ4n) is 3.07. The summed E-state index contributed by atoms with van der Waals surface area (Å²) in [6.45, 7) is 5.38. The van der Waals surface area contributed by atoms with Crippen LogP contribution in [0.2, 0.25) is 0 Å². The maximum atomic E-state index is 12.5. The molecule has 1 aliphatic rings. The Morgan fingerprint density at radius 3 is 2.88 bits per heavy atom. The molecule has 2 aromatic rings. The number of aromatic nitrogens is 2. The number of amides is 1. The van der Waals surface area contributed by atoms with Crippen molar-refractivity contribution in [1.29, 1.82) is 0 Å². The molecule has 1 N–H and O–H groups in total. The zero-order valence-corrected chi connectivity index (χ0v) is 14.1. The summed E-state index contributed by atoms with van der Waals surface area (Å²) in [6, 6.07) is 9.44. The molecule has 128 valence electrons. The third kappa shape index (κ3) is 3.53. The minimum Gasteiger partial charge on any atom is -0.490 e. The fourth-order valence-corrected chi connectivity index (χ4v) is 3.07. The van der Waals surface area contributed by atoms with Crippen LogP contribution in [0, 0.1) is 5.92 Å². The van der Waals surface area contributed by atoms with Gasteiger partial charge in [0.05, 0.1) is 18.1 Å². The molecule has 2 heterocycles. The van der Waals surface area contributed by atoms with Crippen LogP contribution in [-0.2, 0) is 11.2 Å². The van der Waals surface area contributed by atoms with E-state index in [1.807, 2.05) is 30.3 Å². The lowest BCUT2D eigenvalue weighted by atomic mass is 9.94. The summed E-state index contributed by atoms with van der Waals surface area (Å²) in [6.07, 6.45) is 2.16. The number of nitrogens with one attached hydrogen (secondary N) is 1. The van der Waals surface area contributed by atoms with E-state index in [0.29, 0.717) is 13.2 Å². The number of para-hydroxylation sites is 1. The number of fused-ring (bicyclic) bond motifs is 1. The Morgan fingerprint density at radius 2 is 2.12 bits per heavy atom. The topological polar surface area (TPSA) is 67.5 Å². The highest BCUT2D eigenvalue weighted by Gasteiger charge is 2.35. The second-order valence-corrected chi connectivity index (χ2v) is 6.17. The molecule has 0 spiro atoms. The van der Waals surface area contributed by atoms with Gasteiger partial charge in [0.2, 0.25) is 0 Å². The highest BCUT2D eigenvalue weighted by Crippen LogP contribution is 2.33. The van der Waals surface area contributed by atoms with Crippen molar-refractivity contribution in [3.8, 4) is 5.75 Å². The van der Waals surface area contributed by atoms with Crippen LogP contribution in [0.25, 0.3) is 0 Å². The second kappa shape index (κ2) is 7.38. The first-order valence-corrected chi connectivity index (χ1v) is 8.30. The Balaban J connectivity index is 1.54. The third-order valence-electron chi connectivity index (χ3n) is 4.16. The average Bonchev–Trinajstić information content (AvgIpc) is 3.07. The molecule has 6 nitrogen and oxygen atoms in total. The Kier molecular flexibility index (Phi) is 5.03. The van der Waals surface area contributed by atoms with Gasteiger partial charge in [-0.2, -0.15) is 0 Å². The van der Waals surface area contributed by atoms with Crippen LogP contribution in [0.5, 0.6) is 5.75 Å². The van der Waals surface area contributed by atoms with Gasteiger partial charge in [0.25, 0.3) is 0 Å². The predicted octanol–water partition coefficient (Wildman–Crippen LogP) is 3.18. The molecule has 1 atom stereocenters. The van der Waals surface area contributed by atoms with Crippen LogP contribution in [0.1, 0.15) is 31.3 Å². The van der Waals surface area contributed by atoms with Gasteiger partial charge in [0, 0.05) is 18.7 Å². The van der Waals surface area contributed by atoms with Crippen LogP contribution < -0.4 is 4.74 Å². The van der Waals surface area contributed by atoms with Crippen LogP contribution in [0.15, 0.2) is 36.7 Å². The number of carbonyl (C=O) groups excluding carboxylic acids is 1. The number of aromatic amines is 1. The van der Waals surface area contributed by atoms with E-state index in [2.05, 4.69) is 23.8 Å². The van der Waals surface area contributed by atoms with Crippen molar-refractivity contribution in [2.75, 3.05) is 19.8 Å². The van der Waals surface area contributed by atoms with Gasteiger partial charge in [0.1, 0.15) is 19.0 Å². The molecule has 0 fully saturated rings. The Labute approximate surface area is 141 Å². The van der Waals surface area contributed by atoms with Crippen LogP contribution in [-0.4, -0.2) is 40.7 Å². The average molecular weight is 329 g/mol. The summed E-state index contributed by atoms with van der Waals surface area (Å²) >= 11 is 0. The molecule has 1 aliphatic heterocycles. The van der Waals surface area contributed by atoms with Crippen LogP contribution >= 0.6 is 0 Å². The van der Waals surface area contributed by atoms with Gasteiger partial charge >= 0.3 is 6.09 Å². The van der Waals surface area contributed by atoms with E-state index in [0.717, 1.165) is 23.6 Å². The first-order valence-electron chi connectivity index (χ1n) is 8.30. The molecule has 1 amide bonds. The second-order valence-electron chi connectivity index (χ2n) is 6.17. The van der Waals surface area contributed by atoms with Gasteiger partial charge in [-0.05, 0) is 18.1 Å². The number of H-pyrrole nitrogens is 1. The highest BCUT2D eigenvalue weighted by molar-refractivity contribution is 5.68. The smallest absolute Gasteiger partial charge is 0.410 e. The van der Waals surface area contributed by atoms with E-state index in [-0.39, 0.29) is 24.7 Å². The normalized spacial score (nSPS) is 16.8. The van der Waals surface area contributed by atoms with Gasteiger partial charge in [-0.25, -0.2) is 9.78 Å². The minimum absolute atomic E-state index is 0.0532. The molecule has 3 rings (SSSR count). The summed E-state index contributed by atoms with van der Waals surface area (Å²) in [5.74, 6) is 1.04. The minimum atomic E-state index is -0.306. The van der Waals surface area contributed by atoms with Crippen molar-refractivity contribution in [2.24, 2.45) is 5.92 Å². The van der Waals surface area contributed by atoms with E-state index in [1.54, 1.807) is 11.2 Å². The number of rotatable bonds is 5. The summed E-state index contributed by atoms with van der Waals surface area (Å²) in [5, 5.41) is 0. The predicted molar refractivity (Wildman–Crippen MR) is 89.9 cm³/mol. The standard InChI is InChI=1S/C18H23N3O3/c1-13(2)17-16-15(19-12-20-16)8-9-21(17)18(22)24-11-10-23-14-6-4-3-5-7-14/h3-7,12-13,17H,8-11H2,1-2H3,(H,19,20). The van der Waals surface area contributed by atoms with Crippen molar-refractivity contribution in [3.05, 3.63) is 48.0 Å². The van der Waals surface area contributed by atoms with Gasteiger partial charge in [0.15, 0.2) is 0 Å². The zero-order valence-electron chi connectivity index (χ0n) is 14.1. The van der Waals surface area contributed by atoms with Gasteiger partial charge < -0.3 is 14.5 Å². The maximum absolute atomic E-state index is 12.5. The number of carbonyl (C=O) groups is 1. The molecular formula is C18H23N3O3. The lowest BCUT2D eigenvalue weighted by molar-refractivity contribution is 0.0608. The maximum Gasteiger partial charge on any atom is 0.410 e. The molecule has 0 radical (unpaired) electrons. The number of nitrogens with zero attached hydrogens (tertiary/aromatic N) is 2. The van der Waals surface area contributed by atoms with Crippen molar-refractivity contribution >= 4 is 6.09 Å². The quantitative estimate of drug-likeness (QED) is 0.856. The lowest BCUT2D eigenvalue weighted by Crippen LogP contribution is -2.43. The van der Waals surface area contributed by atoms with Gasteiger partial charge in [-0.3, -0.25) is 4.90 Å². The highest BCUT2D eigenvalue weighted by atomic mass is 16.6. The summed E-state index contributed by atoms with van der Waals surface area (Å²) in [5.41, 5.74) is 2.07. The molecule has 0 saturated heterocycles. The van der Waals surface area contributed by atoms with Gasteiger partial charge in [-0.15, -0.1) is 0 Å². The molecule has 0 bridgehead atoms. The molecule has 1 aromatic carbocycles. The Hall–Kier alpha value is -2.50. The van der Waals surface area contributed by atoms with Crippen LogP contribution in [0.4, 0.5) is 4.79 Å². The molecule has 0 saturated carbocycles. The van der Waals surface area contributed by atoms with Crippen molar-refractivity contribution in [1.82, 2.24) is 14.9 Å². The largest absolute Gasteiger partial charge is 0.490 e. The third-order valence-corrected chi connectivity index (χ3v) is 4.16. The van der Waals surface area contributed by atoms with Crippen LogP contribution in [0.3, 0.4) is 0 Å². The first-order chi connectivity index (χ1) is 11.7. The van der Waals surface area contributed by atoms with E-state index in [9.17, 15) is 4.79 Å². The van der Waals surface area contributed by atoms with Gasteiger partial charge in [-0.1, -0.05) is 32.0 Å². The summed E-state index contributed by atoms with van der Waals surface area (Å²) in [7, 11) is 0. The number of hydrogen-bond donors (Lipinski definition) is 1. The number of ether oxygens (including phenoxy) is 2. The van der Waals surface area contributed by atoms with E-state index in [1.165, 1.54) is 0 Å². The molecule has 6 heteroatoms. The summed E-state index contributed by atoms with van der Waals surface area (Å²) < 4.78 is 10.9. The first kappa shape index (κ1) is 16.4. The van der Waals surface area contributed by atoms with E-state index < -0.39 is 0 Å². The molecule has 1 unspecified atom stereocenters. The van der Waals surface area contributed by atoms with Crippen molar-refractivity contribution in [2.45, 2.75) is 26.3 Å². The number of benzene rings is 1. The molecule has 24 heavy (non-hydrogen) atoms. The Morgan fingerprint density at radius 1 is 1.33 bits per heavy atom. The molecule has 1 aromatic heterocycles. The van der Waals surface area contributed by atoms with Crippen molar-refractivity contribution < 1.29 is 14.3 Å². The number of imidazole rings is 1. The molecular weight excluding hydrogens is 306 g/mol. The lowest BCUT2D eigenvalue weighted by Gasteiger charge is -2.36. The monoisotopic (exact) mass is 329 g/mol. The molecule has 0 aliphatic carbocycles. The number of hydrogen-bond acceptors (Lipinski definition) is 4.